The third kappa shape index (κ3) is 1.23. The van der Waals surface area contributed by atoms with E-state index in [9.17, 15) is 4.79 Å². The zero-order valence-electron chi connectivity index (χ0n) is 9.01. The van der Waals surface area contributed by atoms with Crippen LogP contribution in [0.2, 0.25) is 0 Å². The summed E-state index contributed by atoms with van der Waals surface area (Å²) in [5.41, 5.74) is 0.642. The van der Waals surface area contributed by atoms with Crippen LogP contribution in [-0.2, 0) is 0 Å². The largest absolute Gasteiger partial charge is 0.409 e. The second-order valence-corrected chi connectivity index (χ2v) is 4.11. The van der Waals surface area contributed by atoms with Gasteiger partial charge in [0.25, 0.3) is 5.56 Å². The summed E-state index contributed by atoms with van der Waals surface area (Å²) in [6, 6.07) is 7.37. The van der Waals surface area contributed by atoms with Gasteiger partial charge in [0.15, 0.2) is 5.82 Å². The summed E-state index contributed by atoms with van der Waals surface area (Å²) in [6.07, 6.45) is 0.908. The van der Waals surface area contributed by atoms with Crippen LogP contribution in [0.3, 0.4) is 0 Å². The first-order valence-electron chi connectivity index (χ1n) is 5.42. The van der Waals surface area contributed by atoms with E-state index in [0.29, 0.717) is 12.0 Å². The minimum Gasteiger partial charge on any atom is -0.409 e. The van der Waals surface area contributed by atoms with Crippen molar-refractivity contribution in [2.24, 2.45) is 0 Å². The minimum absolute atomic E-state index is 0.104. The Morgan fingerprint density at radius 1 is 1.44 bits per heavy atom. The predicted octanol–water partition coefficient (Wildman–Crippen LogP) is 1.33. The second-order valence-electron chi connectivity index (χ2n) is 4.11. The van der Waals surface area contributed by atoms with E-state index in [2.05, 4.69) is 11.9 Å². The van der Waals surface area contributed by atoms with Gasteiger partial charge in [-0.3, -0.25) is 4.79 Å². The van der Waals surface area contributed by atoms with Crippen molar-refractivity contribution in [1.29, 1.82) is 0 Å². The SMILES string of the molecule is C[C@@H]1CCOn2c1nc1ccccc1c2=O. The molecule has 2 heterocycles. The molecule has 0 bridgehead atoms. The number of hydrogen-bond acceptors (Lipinski definition) is 3. The summed E-state index contributed by atoms with van der Waals surface area (Å²) in [6.45, 7) is 2.64. The highest BCUT2D eigenvalue weighted by Crippen LogP contribution is 2.20. The zero-order chi connectivity index (χ0) is 11.1. The van der Waals surface area contributed by atoms with E-state index in [1.54, 1.807) is 6.07 Å². The van der Waals surface area contributed by atoms with Gasteiger partial charge in [-0.15, -0.1) is 4.73 Å². The Labute approximate surface area is 92.4 Å². The topological polar surface area (TPSA) is 44.1 Å². The quantitative estimate of drug-likeness (QED) is 0.667. The van der Waals surface area contributed by atoms with Crippen LogP contribution in [0.1, 0.15) is 25.1 Å². The van der Waals surface area contributed by atoms with Gasteiger partial charge in [0.1, 0.15) is 6.61 Å². The molecular formula is C12H12N2O2. The van der Waals surface area contributed by atoms with Crippen LogP contribution in [0.25, 0.3) is 10.9 Å². The van der Waals surface area contributed by atoms with E-state index in [0.717, 1.165) is 17.8 Å². The number of para-hydroxylation sites is 1. The van der Waals surface area contributed by atoms with Gasteiger partial charge in [0.2, 0.25) is 0 Å². The maximum absolute atomic E-state index is 12.1. The molecule has 4 nitrogen and oxygen atoms in total. The lowest BCUT2D eigenvalue weighted by molar-refractivity contribution is 0.0612. The van der Waals surface area contributed by atoms with E-state index in [1.165, 1.54) is 4.73 Å². The number of hydrogen-bond donors (Lipinski definition) is 0. The van der Waals surface area contributed by atoms with Crippen LogP contribution in [-0.4, -0.2) is 16.3 Å². The standard InChI is InChI=1S/C12H12N2O2/c1-8-6-7-16-14-11(8)13-10-5-3-2-4-9(10)12(14)15/h2-5,8H,6-7H2,1H3/t8-/m1/s1. The van der Waals surface area contributed by atoms with E-state index >= 15 is 0 Å². The Morgan fingerprint density at radius 2 is 2.25 bits per heavy atom. The van der Waals surface area contributed by atoms with Gasteiger partial charge in [-0.2, -0.15) is 0 Å². The number of fused-ring (bicyclic) bond motifs is 2. The van der Waals surface area contributed by atoms with Crippen LogP contribution in [0.4, 0.5) is 0 Å². The Kier molecular flexibility index (Phi) is 1.96. The maximum atomic E-state index is 12.1. The Bertz CT molecular complexity index is 603. The molecule has 2 aromatic rings. The molecule has 0 amide bonds. The van der Waals surface area contributed by atoms with Crippen molar-refractivity contribution >= 4 is 10.9 Å². The highest BCUT2D eigenvalue weighted by molar-refractivity contribution is 5.77. The molecule has 0 saturated carbocycles. The van der Waals surface area contributed by atoms with Crippen LogP contribution in [0, 0.1) is 0 Å². The van der Waals surface area contributed by atoms with Crippen molar-refractivity contribution in [2.45, 2.75) is 19.3 Å². The van der Waals surface area contributed by atoms with E-state index in [1.807, 2.05) is 18.2 Å². The fourth-order valence-electron chi connectivity index (χ4n) is 2.02. The molecule has 0 saturated heterocycles. The van der Waals surface area contributed by atoms with Crippen LogP contribution in [0.15, 0.2) is 29.1 Å². The average Bonchev–Trinajstić information content (AvgIpc) is 2.31. The van der Waals surface area contributed by atoms with Crippen molar-refractivity contribution in [1.82, 2.24) is 9.71 Å². The third-order valence-corrected chi connectivity index (χ3v) is 2.97. The lowest BCUT2D eigenvalue weighted by Crippen LogP contribution is -2.36. The molecule has 0 N–H and O–H groups in total. The van der Waals surface area contributed by atoms with Gasteiger partial charge in [0, 0.05) is 5.92 Å². The zero-order valence-corrected chi connectivity index (χ0v) is 9.01. The first-order valence-corrected chi connectivity index (χ1v) is 5.42. The number of benzene rings is 1. The molecule has 0 spiro atoms. The summed E-state index contributed by atoms with van der Waals surface area (Å²) in [4.78, 5) is 22.0. The summed E-state index contributed by atoms with van der Waals surface area (Å²) in [5, 5.41) is 0.611. The highest BCUT2D eigenvalue weighted by Gasteiger charge is 2.21. The second kappa shape index (κ2) is 3.33. The van der Waals surface area contributed by atoms with Crippen molar-refractivity contribution in [2.75, 3.05) is 6.61 Å². The lowest BCUT2D eigenvalue weighted by atomic mass is 10.1. The van der Waals surface area contributed by atoms with Crippen molar-refractivity contribution in [3.8, 4) is 0 Å². The molecule has 1 atom stereocenters. The Hall–Kier alpha value is -1.84. The lowest BCUT2D eigenvalue weighted by Gasteiger charge is -2.23. The van der Waals surface area contributed by atoms with E-state index in [-0.39, 0.29) is 11.5 Å². The summed E-state index contributed by atoms with van der Waals surface area (Å²) < 4.78 is 1.34. The van der Waals surface area contributed by atoms with Crippen LogP contribution in [0.5, 0.6) is 0 Å². The molecule has 82 valence electrons. The van der Waals surface area contributed by atoms with Crippen molar-refractivity contribution < 1.29 is 4.84 Å². The van der Waals surface area contributed by atoms with Gasteiger partial charge in [-0.1, -0.05) is 19.1 Å². The molecule has 1 aromatic heterocycles. The molecule has 0 unspecified atom stereocenters. The number of rotatable bonds is 0. The van der Waals surface area contributed by atoms with Gasteiger partial charge >= 0.3 is 0 Å². The molecule has 16 heavy (non-hydrogen) atoms. The molecule has 0 fully saturated rings. The van der Waals surface area contributed by atoms with Gasteiger partial charge < -0.3 is 4.84 Å². The summed E-state index contributed by atoms with van der Waals surface area (Å²) in [7, 11) is 0. The number of nitrogens with zero attached hydrogens (tertiary/aromatic N) is 2. The molecule has 3 rings (SSSR count). The normalized spacial score (nSPS) is 19.2. The smallest absolute Gasteiger partial charge is 0.294 e. The minimum atomic E-state index is -0.104. The van der Waals surface area contributed by atoms with Crippen molar-refractivity contribution in [3.63, 3.8) is 0 Å². The van der Waals surface area contributed by atoms with Crippen LogP contribution >= 0.6 is 0 Å². The summed E-state index contributed by atoms with van der Waals surface area (Å²) >= 11 is 0. The highest BCUT2D eigenvalue weighted by atomic mass is 16.7. The molecule has 1 aliphatic rings. The molecule has 1 aromatic carbocycles. The first-order chi connectivity index (χ1) is 7.77. The Balaban J connectivity index is 2.41. The molecule has 0 radical (unpaired) electrons. The molecule has 0 aliphatic carbocycles. The average molecular weight is 216 g/mol. The van der Waals surface area contributed by atoms with E-state index < -0.39 is 0 Å². The summed E-state index contributed by atoms with van der Waals surface area (Å²) in [5.74, 6) is 1.00. The third-order valence-electron chi connectivity index (χ3n) is 2.97. The van der Waals surface area contributed by atoms with Gasteiger partial charge in [-0.25, -0.2) is 4.98 Å². The maximum Gasteiger partial charge on any atom is 0.294 e. The van der Waals surface area contributed by atoms with Crippen LogP contribution < -0.4 is 10.4 Å². The van der Waals surface area contributed by atoms with Crippen molar-refractivity contribution in [3.05, 3.63) is 40.4 Å². The van der Waals surface area contributed by atoms with Gasteiger partial charge in [0.05, 0.1) is 10.9 Å². The molecule has 4 heteroatoms. The predicted molar refractivity (Wildman–Crippen MR) is 60.5 cm³/mol. The number of aromatic nitrogens is 2. The van der Waals surface area contributed by atoms with Gasteiger partial charge in [-0.05, 0) is 18.6 Å². The molecule has 1 aliphatic heterocycles. The fraction of sp³-hybridized carbons (Fsp3) is 0.333. The first kappa shape index (κ1) is 9.39. The molecular weight excluding hydrogens is 204 g/mol. The Morgan fingerprint density at radius 3 is 3.12 bits per heavy atom. The fourth-order valence-corrected chi connectivity index (χ4v) is 2.02. The monoisotopic (exact) mass is 216 g/mol. The van der Waals surface area contributed by atoms with E-state index in [4.69, 9.17) is 4.84 Å².